The molecule has 1 N–H and O–H groups in total. The highest BCUT2D eigenvalue weighted by atomic mass is 32.2. The summed E-state index contributed by atoms with van der Waals surface area (Å²) < 4.78 is 38.4. The Morgan fingerprint density at radius 3 is 2.74 bits per heavy atom. The van der Waals surface area contributed by atoms with Gasteiger partial charge in [-0.3, -0.25) is 4.79 Å². The minimum absolute atomic E-state index is 0.0154. The minimum atomic E-state index is -3.67. The van der Waals surface area contributed by atoms with Crippen LogP contribution >= 0.6 is 0 Å². The van der Waals surface area contributed by atoms with Crippen molar-refractivity contribution in [2.24, 2.45) is 5.92 Å². The quantitative estimate of drug-likeness (QED) is 0.689. The van der Waals surface area contributed by atoms with Gasteiger partial charge in [-0.1, -0.05) is 24.2 Å². The first-order chi connectivity index (χ1) is 15.0. The van der Waals surface area contributed by atoms with Crippen LogP contribution in [0, 0.1) is 5.92 Å². The average molecular weight is 449 g/mol. The molecular formula is C21H28N4O5S. The summed E-state index contributed by atoms with van der Waals surface area (Å²) in [5, 5.41) is 6.88. The van der Waals surface area contributed by atoms with Crippen LogP contribution in [-0.2, 0) is 26.0 Å². The van der Waals surface area contributed by atoms with Crippen LogP contribution in [0.2, 0.25) is 0 Å². The molecule has 9 nitrogen and oxygen atoms in total. The summed E-state index contributed by atoms with van der Waals surface area (Å²) in [7, 11) is -3.67. The van der Waals surface area contributed by atoms with E-state index in [1.54, 1.807) is 24.3 Å². The van der Waals surface area contributed by atoms with Gasteiger partial charge < -0.3 is 14.6 Å². The van der Waals surface area contributed by atoms with Crippen molar-refractivity contribution < 1.29 is 22.5 Å². The number of piperidine rings is 1. The molecule has 2 fully saturated rings. The van der Waals surface area contributed by atoms with Crippen LogP contribution in [0.4, 0.5) is 0 Å². The minimum Gasteiger partial charge on any atom is -0.376 e. The third kappa shape index (κ3) is 4.97. The van der Waals surface area contributed by atoms with Crippen LogP contribution in [0.5, 0.6) is 0 Å². The molecule has 2 aromatic rings. The van der Waals surface area contributed by atoms with Crippen molar-refractivity contribution in [2.45, 2.75) is 50.0 Å². The van der Waals surface area contributed by atoms with Gasteiger partial charge >= 0.3 is 0 Å². The number of hydrogen-bond donors (Lipinski definition) is 1. The summed E-state index contributed by atoms with van der Waals surface area (Å²) in [4.78, 5) is 16.9. The third-order valence-electron chi connectivity index (χ3n) is 5.85. The lowest BCUT2D eigenvalue weighted by molar-refractivity contribution is -0.126. The normalized spacial score (nSPS) is 20.7. The number of carbonyl (C=O) groups excluding carboxylic acids is 1. The molecule has 4 rings (SSSR count). The Labute approximate surface area is 182 Å². The molecule has 1 unspecified atom stereocenters. The van der Waals surface area contributed by atoms with Gasteiger partial charge in [-0.2, -0.15) is 9.29 Å². The number of carbonyl (C=O) groups is 1. The highest BCUT2D eigenvalue weighted by Gasteiger charge is 2.32. The van der Waals surface area contributed by atoms with E-state index in [1.165, 1.54) is 4.31 Å². The summed E-state index contributed by atoms with van der Waals surface area (Å²) in [5.74, 6) is 0.683. The maximum atomic E-state index is 13.2. The van der Waals surface area contributed by atoms with Gasteiger partial charge in [0.25, 0.3) is 0 Å². The van der Waals surface area contributed by atoms with Gasteiger partial charge in [0.05, 0.1) is 11.0 Å². The second kappa shape index (κ2) is 9.46. The molecule has 0 bridgehead atoms. The zero-order valence-corrected chi connectivity index (χ0v) is 18.4. The number of hydrogen-bond acceptors (Lipinski definition) is 7. The Morgan fingerprint density at radius 2 is 2.06 bits per heavy atom. The van der Waals surface area contributed by atoms with Gasteiger partial charge in [0.1, 0.15) is 0 Å². The van der Waals surface area contributed by atoms with Crippen LogP contribution in [0.25, 0.3) is 11.4 Å². The Hall–Kier alpha value is -2.30. The van der Waals surface area contributed by atoms with E-state index >= 15 is 0 Å². The van der Waals surface area contributed by atoms with Crippen molar-refractivity contribution in [1.29, 1.82) is 0 Å². The molecule has 10 heteroatoms. The Bertz CT molecular complexity index is 1010. The molecule has 1 atom stereocenters. The zero-order valence-electron chi connectivity index (χ0n) is 17.6. The van der Waals surface area contributed by atoms with Gasteiger partial charge in [0.15, 0.2) is 0 Å². The smallest absolute Gasteiger partial charge is 0.243 e. The summed E-state index contributed by atoms with van der Waals surface area (Å²) in [6, 6.07) is 6.57. The van der Waals surface area contributed by atoms with E-state index in [9.17, 15) is 13.2 Å². The SMILES string of the molecule is CCc1nc(-c2cccc(S(=O)(=O)N3CCC(C(=O)NCC4CCCO4)CC3)c2)no1. The number of aryl methyl sites for hydroxylation is 1. The van der Waals surface area contributed by atoms with Crippen LogP contribution in [-0.4, -0.2) is 61.1 Å². The van der Waals surface area contributed by atoms with Gasteiger partial charge in [-0.05, 0) is 37.8 Å². The maximum Gasteiger partial charge on any atom is 0.243 e. The summed E-state index contributed by atoms with van der Waals surface area (Å²) in [6.07, 6.45) is 3.72. The number of benzene rings is 1. The monoisotopic (exact) mass is 448 g/mol. The molecule has 0 radical (unpaired) electrons. The van der Waals surface area contributed by atoms with Crippen molar-refractivity contribution in [3.63, 3.8) is 0 Å². The van der Waals surface area contributed by atoms with E-state index in [2.05, 4.69) is 15.5 Å². The number of amides is 1. The lowest BCUT2D eigenvalue weighted by atomic mass is 9.97. The molecule has 3 heterocycles. The molecule has 2 aliphatic rings. The molecular weight excluding hydrogens is 420 g/mol. The fourth-order valence-electron chi connectivity index (χ4n) is 3.98. The molecule has 1 aromatic carbocycles. The Balaban J connectivity index is 1.37. The molecule has 2 saturated heterocycles. The van der Waals surface area contributed by atoms with Gasteiger partial charge in [-0.25, -0.2) is 8.42 Å². The standard InChI is InChI=1S/C21H28N4O5S/c1-2-19-23-20(24-30-19)16-5-3-7-18(13-16)31(27,28)25-10-8-15(9-11-25)21(26)22-14-17-6-4-12-29-17/h3,5,7,13,15,17H,2,4,6,8-12,14H2,1H3,(H,22,26). The van der Waals surface area contributed by atoms with E-state index in [4.69, 9.17) is 9.26 Å². The Kier molecular flexibility index (Phi) is 6.68. The van der Waals surface area contributed by atoms with Crippen molar-refractivity contribution in [3.8, 4) is 11.4 Å². The number of rotatable bonds is 7. The highest BCUT2D eigenvalue weighted by Crippen LogP contribution is 2.26. The van der Waals surface area contributed by atoms with E-state index in [0.29, 0.717) is 56.2 Å². The number of nitrogens with one attached hydrogen (secondary N) is 1. The summed E-state index contributed by atoms with van der Waals surface area (Å²) >= 11 is 0. The van der Waals surface area contributed by atoms with E-state index in [1.807, 2.05) is 6.92 Å². The summed E-state index contributed by atoms with van der Waals surface area (Å²) in [5.41, 5.74) is 0.591. The van der Waals surface area contributed by atoms with Gasteiger partial charge in [0, 0.05) is 44.1 Å². The first kappa shape index (κ1) is 21.9. The average Bonchev–Trinajstić information content (AvgIpc) is 3.50. The largest absolute Gasteiger partial charge is 0.376 e. The number of nitrogens with zero attached hydrogens (tertiary/aromatic N) is 3. The first-order valence-corrected chi connectivity index (χ1v) is 12.2. The number of aromatic nitrogens is 2. The fraction of sp³-hybridized carbons (Fsp3) is 0.571. The lowest BCUT2D eigenvalue weighted by Crippen LogP contribution is -2.44. The molecule has 0 aliphatic carbocycles. The van der Waals surface area contributed by atoms with Crippen molar-refractivity contribution in [1.82, 2.24) is 19.8 Å². The zero-order chi connectivity index (χ0) is 21.8. The van der Waals surface area contributed by atoms with E-state index in [0.717, 1.165) is 19.4 Å². The van der Waals surface area contributed by atoms with Gasteiger partial charge in [0.2, 0.25) is 27.6 Å². The molecule has 0 spiro atoms. The molecule has 31 heavy (non-hydrogen) atoms. The Morgan fingerprint density at radius 1 is 1.26 bits per heavy atom. The molecule has 2 aliphatic heterocycles. The number of sulfonamides is 1. The molecule has 1 amide bonds. The van der Waals surface area contributed by atoms with Crippen LogP contribution < -0.4 is 5.32 Å². The third-order valence-corrected chi connectivity index (χ3v) is 7.75. The number of ether oxygens (including phenoxy) is 1. The second-order valence-corrected chi connectivity index (χ2v) is 9.89. The molecule has 168 valence electrons. The summed E-state index contributed by atoms with van der Waals surface area (Å²) in [6.45, 7) is 3.81. The second-order valence-electron chi connectivity index (χ2n) is 7.95. The fourth-order valence-corrected chi connectivity index (χ4v) is 5.50. The topological polar surface area (TPSA) is 115 Å². The predicted molar refractivity (Wildman–Crippen MR) is 113 cm³/mol. The van der Waals surface area contributed by atoms with Crippen molar-refractivity contribution >= 4 is 15.9 Å². The predicted octanol–water partition coefficient (Wildman–Crippen LogP) is 1.99. The van der Waals surface area contributed by atoms with Crippen molar-refractivity contribution in [3.05, 3.63) is 30.2 Å². The first-order valence-electron chi connectivity index (χ1n) is 10.8. The van der Waals surface area contributed by atoms with E-state index < -0.39 is 10.0 Å². The van der Waals surface area contributed by atoms with Crippen LogP contribution in [0.1, 0.15) is 38.5 Å². The van der Waals surface area contributed by atoms with E-state index in [-0.39, 0.29) is 22.8 Å². The molecule has 0 saturated carbocycles. The van der Waals surface area contributed by atoms with Crippen molar-refractivity contribution in [2.75, 3.05) is 26.2 Å². The molecule has 1 aromatic heterocycles. The lowest BCUT2D eigenvalue weighted by Gasteiger charge is -2.30. The van der Waals surface area contributed by atoms with Gasteiger partial charge in [-0.15, -0.1) is 0 Å². The highest BCUT2D eigenvalue weighted by molar-refractivity contribution is 7.89. The van der Waals surface area contributed by atoms with Crippen LogP contribution in [0.3, 0.4) is 0 Å². The maximum absolute atomic E-state index is 13.2. The van der Waals surface area contributed by atoms with Crippen LogP contribution in [0.15, 0.2) is 33.7 Å².